The molecule has 0 spiro atoms. The van der Waals surface area contributed by atoms with E-state index in [1.165, 1.54) is 40.9 Å². The molecule has 1 saturated heterocycles. The standard InChI is InChI=1S/C16H18ClFN2O4S/c1-19(9-12-4-3-7-23-12)25(21,22)15-10-24-20(2)16(15)11-5-6-14(18)13(17)8-11/h3-8,15-16H,9-10H2,1-2H3. The molecule has 0 radical (unpaired) electrons. The summed E-state index contributed by atoms with van der Waals surface area (Å²) < 4.78 is 45.9. The molecule has 25 heavy (non-hydrogen) atoms. The van der Waals surface area contributed by atoms with E-state index in [-0.39, 0.29) is 18.2 Å². The van der Waals surface area contributed by atoms with Gasteiger partial charge in [0.25, 0.3) is 0 Å². The van der Waals surface area contributed by atoms with E-state index < -0.39 is 27.1 Å². The van der Waals surface area contributed by atoms with Crippen molar-refractivity contribution in [3.05, 3.63) is 58.8 Å². The molecule has 1 aromatic carbocycles. The second-order valence-corrected chi connectivity index (χ2v) is 8.55. The van der Waals surface area contributed by atoms with Crippen molar-refractivity contribution in [2.24, 2.45) is 0 Å². The first-order valence-electron chi connectivity index (χ1n) is 7.59. The Morgan fingerprint density at radius 1 is 1.40 bits per heavy atom. The minimum absolute atomic E-state index is 0.000982. The summed E-state index contributed by atoms with van der Waals surface area (Å²) in [7, 11) is -0.564. The van der Waals surface area contributed by atoms with Gasteiger partial charge in [0.05, 0.1) is 30.5 Å². The molecule has 0 saturated carbocycles. The molecular weight excluding hydrogens is 371 g/mol. The summed E-state index contributed by atoms with van der Waals surface area (Å²) in [6.07, 6.45) is 1.49. The van der Waals surface area contributed by atoms with Crippen LogP contribution in [0, 0.1) is 5.82 Å². The summed E-state index contributed by atoms with van der Waals surface area (Å²) in [6, 6.07) is 6.99. The summed E-state index contributed by atoms with van der Waals surface area (Å²) in [6.45, 7) is 0.118. The van der Waals surface area contributed by atoms with Crippen LogP contribution >= 0.6 is 11.6 Å². The fraction of sp³-hybridized carbons (Fsp3) is 0.375. The Balaban J connectivity index is 1.89. The second-order valence-electron chi connectivity index (χ2n) is 5.88. The number of hydrogen-bond donors (Lipinski definition) is 0. The molecule has 1 aliphatic heterocycles. The molecule has 2 unspecified atom stereocenters. The van der Waals surface area contributed by atoms with Crippen LogP contribution in [0.15, 0.2) is 41.0 Å². The highest BCUT2D eigenvalue weighted by Crippen LogP contribution is 2.36. The number of benzene rings is 1. The molecular formula is C16H18ClFN2O4S. The molecule has 0 bridgehead atoms. The third kappa shape index (κ3) is 3.58. The second kappa shape index (κ2) is 7.05. The van der Waals surface area contributed by atoms with Crippen molar-refractivity contribution in [2.45, 2.75) is 17.8 Å². The van der Waals surface area contributed by atoms with Crippen molar-refractivity contribution in [3.8, 4) is 0 Å². The minimum Gasteiger partial charge on any atom is -0.468 e. The summed E-state index contributed by atoms with van der Waals surface area (Å²) in [4.78, 5) is 5.44. The number of hydrogen-bond acceptors (Lipinski definition) is 5. The third-order valence-corrected chi connectivity index (χ3v) is 6.69. The molecule has 2 aromatic rings. The molecule has 3 rings (SSSR count). The molecule has 6 nitrogen and oxygen atoms in total. The molecule has 1 fully saturated rings. The Morgan fingerprint density at radius 3 is 2.80 bits per heavy atom. The highest BCUT2D eigenvalue weighted by Gasteiger charge is 2.45. The molecule has 136 valence electrons. The van der Waals surface area contributed by atoms with E-state index in [9.17, 15) is 12.8 Å². The van der Waals surface area contributed by atoms with Gasteiger partial charge in [-0.25, -0.2) is 12.8 Å². The van der Waals surface area contributed by atoms with Gasteiger partial charge in [0.2, 0.25) is 10.0 Å². The molecule has 1 aliphatic rings. The average molecular weight is 389 g/mol. The van der Waals surface area contributed by atoms with Gasteiger partial charge in [-0.3, -0.25) is 4.84 Å². The van der Waals surface area contributed by atoms with Crippen LogP contribution in [0.3, 0.4) is 0 Å². The van der Waals surface area contributed by atoms with Crippen molar-refractivity contribution in [2.75, 3.05) is 20.7 Å². The summed E-state index contributed by atoms with van der Waals surface area (Å²) in [5.41, 5.74) is 0.575. The number of halogens is 2. The first-order chi connectivity index (χ1) is 11.8. The van der Waals surface area contributed by atoms with Crippen LogP contribution in [0.5, 0.6) is 0 Å². The lowest BCUT2D eigenvalue weighted by molar-refractivity contribution is -0.110. The Bertz CT molecular complexity index is 844. The van der Waals surface area contributed by atoms with E-state index in [4.69, 9.17) is 20.9 Å². The van der Waals surface area contributed by atoms with Gasteiger partial charge in [-0.2, -0.15) is 9.37 Å². The molecule has 0 N–H and O–H groups in total. The number of hydroxylamine groups is 2. The predicted molar refractivity (Wildman–Crippen MR) is 90.7 cm³/mol. The van der Waals surface area contributed by atoms with Gasteiger partial charge in [0.15, 0.2) is 0 Å². The number of nitrogens with zero attached hydrogens (tertiary/aromatic N) is 2. The van der Waals surface area contributed by atoms with Gasteiger partial charge in [-0.15, -0.1) is 0 Å². The maximum Gasteiger partial charge on any atom is 0.221 e. The lowest BCUT2D eigenvalue weighted by atomic mass is 10.0. The van der Waals surface area contributed by atoms with E-state index in [1.807, 2.05) is 0 Å². The highest BCUT2D eigenvalue weighted by molar-refractivity contribution is 7.89. The first-order valence-corrected chi connectivity index (χ1v) is 9.47. The van der Waals surface area contributed by atoms with Gasteiger partial charge in [0.1, 0.15) is 16.8 Å². The van der Waals surface area contributed by atoms with E-state index >= 15 is 0 Å². The maximum atomic E-state index is 13.4. The van der Waals surface area contributed by atoms with Crippen molar-refractivity contribution in [1.82, 2.24) is 9.37 Å². The highest BCUT2D eigenvalue weighted by atomic mass is 35.5. The maximum absolute atomic E-state index is 13.4. The third-order valence-electron chi connectivity index (χ3n) is 4.25. The smallest absolute Gasteiger partial charge is 0.221 e. The monoisotopic (exact) mass is 388 g/mol. The Kier molecular flexibility index (Phi) is 5.17. The van der Waals surface area contributed by atoms with E-state index in [0.29, 0.717) is 11.3 Å². The molecule has 0 amide bonds. The van der Waals surface area contributed by atoms with Crippen LogP contribution in [-0.4, -0.2) is 43.7 Å². The van der Waals surface area contributed by atoms with Crippen molar-refractivity contribution < 1.29 is 22.1 Å². The summed E-state index contributed by atoms with van der Waals surface area (Å²) in [5.74, 6) is -0.0129. The lowest BCUT2D eigenvalue weighted by Gasteiger charge is -2.26. The Labute approximate surface area is 150 Å². The zero-order valence-corrected chi connectivity index (χ0v) is 15.3. The van der Waals surface area contributed by atoms with Crippen LogP contribution < -0.4 is 0 Å². The van der Waals surface area contributed by atoms with Gasteiger partial charge in [-0.05, 0) is 29.8 Å². The van der Waals surface area contributed by atoms with Crippen molar-refractivity contribution in [3.63, 3.8) is 0 Å². The molecule has 0 aliphatic carbocycles. The van der Waals surface area contributed by atoms with Crippen molar-refractivity contribution in [1.29, 1.82) is 0 Å². The van der Waals surface area contributed by atoms with E-state index in [0.717, 1.165) is 0 Å². The van der Waals surface area contributed by atoms with Crippen molar-refractivity contribution >= 4 is 21.6 Å². The number of furan rings is 1. The largest absolute Gasteiger partial charge is 0.468 e. The molecule has 9 heteroatoms. The van der Waals surface area contributed by atoms with Gasteiger partial charge < -0.3 is 4.42 Å². The van der Waals surface area contributed by atoms with Gasteiger partial charge in [0, 0.05) is 14.1 Å². The average Bonchev–Trinajstić information content (AvgIpc) is 3.20. The number of rotatable bonds is 5. The van der Waals surface area contributed by atoms with Crippen LogP contribution in [0.4, 0.5) is 4.39 Å². The van der Waals surface area contributed by atoms with E-state index in [2.05, 4.69) is 0 Å². The zero-order chi connectivity index (χ0) is 18.2. The lowest BCUT2D eigenvalue weighted by Crippen LogP contribution is -2.40. The first kappa shape index (κ1) is 18.3. The molecule has 1 aromatic heterocycles. The summed E-state index contributed by atoms with van der Waals surface area (Å²) in [5, 5.41) is 0.559. The fourth-order valence-corrected chi connectivity index (χ4v) is 4.76. The summed E-state index contributed by atoms with van der Waals surface area (Å²) >= 11 is 5.85. The minimum atomic E-state index is -3.70. The van der Waals surface area contributed by atoms with Crippen LogP contribution in [0.1, 0.15) is 17.4 Å². The fourth-order valence-electron chi connectivity index (χ4n) is 2.91. The predicted octanol–water partition coefficient (Wildman–Crippen LogP) is 2.82. The normalized spacial score (nSPS) is 22.0. The van der Waals surface area contributed by atoms with Gasteiger partial charge >= 0.3 is 0 Å². The Hall–Kier alpha value is -1.45. The van der Waals surface area contributed by atoms with Crippen LogP contribution in [0.25, 0.3) is 0 Å². The van der Waals surface area contributed by atoms with Crippen LogP contribution in [-0.2, 0) is 21.4 Å². The molecule has 2 heterocycles. The molecule has 2 atom stereocenters. The van der Waals surface area contributed by atoms with Crippen LogP contribution in [0.2, 0.25) is 5.02 Å². The SMILES string of the molecule is CN1OCC(S(=O)(=O)N(C)Cc2ccco2)C1c1ccc(F)c(Cl)c1. The van der Waals surface area contributed by atoms with Gasteiger partial charge in [-0.1, -0.05) is 17.7 Å². The topological polar surface area (TPSA) is 63.0 Å². The quantitative estimate of drug-likeness (QED) is 0.788. The zero-order valence-electron chi connectivity index (χ0n) is 13.7. The number of sulfonamides is 1. The Morgan fingerprint density at radius 2 is 2.16 bits per heavy atom. The van der Waals surface area contributed by atoms with E-state index in [1.54, 1.807) is 19.2 Å².